The van der Waals surface area contributed by atoms with Gasteiger partial charge in [0.15, 0.2) is 0 Å². The highest BCUT2D eigenvalue weighted by molar-refractivity contribution is 7.12. The van der Waals surface area contributed by atoms with Crippen LogP contribution in [0.15, 0.2) is 41.8 Å². The lowest BCUT2D eigenvalue weighted by atomic mass is 10.1. The van der Waals surface area contributed by atoms with Crippen LogP contribution in [-0.2, 0) is 0 Å². The molecule has 0 atom stereocenters. The normalized spacial score (nSPS) is 10.3. The van der Waals surface area contributed by atoms with Gasteiger partial charge in [-0.05, 0) is 30.6 Å². The number of amides is 2. The van der Waals surface area contributed by atoms with Crippen LogP contribution >= 0.6 is 11.3 Å². The number of nitrogens with one attached hydrogen (secondary N) is 2. The average molecular weight is 317 g/mol. The van der Waals surface area contributed by atoms with Crippen LogP contribution in [0.4, 0.5) is 5.69 Å². The van der Waals surface area contributed by atoms with Crippen molar-refractivity contribution < 1.29 is 9.59 Å². The fourth-order valence-corrected chi connectivity index (χ4v) is 2.58. The molecule has 0 aliphatic rings. The first-order chi connectivity index (χ1) is 10.6. The number of carbonyl (C=O) groups is 2. The Morgan fingerprint density at radius 3 is 2.64 bits per heavy atom. The van der Waals surface area contributed by atoms with Gasteiger partial charge in [0.25, 0.3) is 11.8 Å². The highest BCUT2D eigenvalue weighted by atomic mass is 32.1. The molecule has 5 nitrogen and oxygen atoms in total. The number of nitrogens with zero attached hydrogens (tertiary/aromatic N) is 1. The molecule has 116 valence electrons. The zero-order valence-electron chi connectivity index (χ0n) is 12.6. The minimum Gasteiger partial charge on any atom is -0.340 e. The van der Waals surface area contributed by atoms with Gasteiger partial charge >= 0.3 is 0 Å². The summed E-state index contributed by atoms with van der Waals surface area (Å²) in [4.78, 5) is 26.9. The molecule has 1 aromatic carbocycles. The lowest BCUT2D eigenvalue weighted by Crippen LogP contribution is -2.33. The predicted molar refractivity (Wildman–Crippen MR) is 89.6 cm³/mol. The van der Waals surface area contributed by atoms with Crippen LogP contribution in [0.3, 0.4) is 0 Å². The number of likely N-dealkylation sites (N-methyl/N-ethyl adjacent to an activating group) is 2. The number of hydrogen-bond donors (Lipinski definition) is 2. The van der Waals surface area contributed by atoms with E-state index >= 15 is 0 Å². The summed E-state index contributed by atoms with van der Waals surface area (Å²) < 4.78 is 0. The molecule has 0 aliphatic heterocycles. The van der Waals surface area contributed by atoms with Gasteiger partial charge in [0.05, 0.1) is 16.1 Å². The molecule has 0 fully saturated rings. The third-order valence-corrected chi connectivity index (χ3v) is 4.06. The second kappa shape index (κ2) is 7.72. The number of hydrogen-bond acceptors (Lipinski definition) is 4. The SMILES string of the molecule is CNCCN(C)C(=O)c1ccccc1NC(=O)c1cccs1. The molecule has 2 N–H and O–H groups in total. The third-order valence-electron chi connectivity index (χ3n) is 3.19. The first kappa shape index (κ1) is 16.2. The van der Waals surface area contributed by atoms with Crippen LogP contribution in [0.1, 0.15) is 20.0 Å². The van der Waals surface area contributed by atoms with Crippen LogP contribution in [0.2, 0.25) is 0 Å². The van der Waals surface area contributed by atoms with Gasteiger partial charge in [0.1, 0.15) is 0 Å². The molecule has 0 aliphatic carbocycles. The van der Waals surface area contributed by atoms with Gasteiger partial charge in [-0.25, -0.2) is 0 Å². The monoisotopic (exact) mass is 317 g/mol. The molecular formula is C16H19N3O2S. The molecule has 0 saturated carbocycles. The molecule has 2 rings (SSSR count). The van der Waals surface area contributed by atoms with Crippen LogP contribution in [0.25, 0.3) is 0 Å². The van der Waals surface area contributed by atoms with E-state index in [9.17, 15) is 9.59 Å². The van der Waals surface area contributed by atoms with E-state index in [0.29, 0.717) is 29.2 Å². The average Bonchev–Trinajstić information content (AvgIpc) is 3.07. The number of anilines is 1. The maximum absolute atomic E-state index is 12.5. The Bertz CT molecular complexity index is 641. The summed E-state index contributed by atoms with van der Waals surface area (Å²) in [6.45, 7) is 1.31. The number of thiophene rings is 1. The molecule has 0 spiro atoms. The van der Waals surface area contributed by atoms with E-state index in [1.807, 2.05) is 18.5 Å². The Hall–Kier alpha value is -2.18. The molecule has 1 aromatic heterocycles. The van der Waals surface area contributed by atoms with Crippen molar-refractivity contribution in [3.8, 4) is 0 Å². The van der Waals surface area contributed by atoms with E-state index in [1.165, 1.54) is 11.3 Å². The summed E-state index contributed by atoms with van der Waals surface area (Å²) >= 11 is 1.37. The second-order valence-corrected chi connectivity index (χ2v) is 5.75. The van der Waals surface area contributed by atoms with E-state index in [-0.39, 0.29) is 11.8 Å². The van der Waals surface area contributed by atoms with Gasteiger partial charge in [-0.15, -0.1) is 11.3 Å². The van der Waals surface area contributed by atoms with Crippen molar-refractivity contribution in [3.63, 3.8) is 0 Å². The molecule has 22 heavy (non-hydrogen) atoms. The minimum absolute atomic E-state index is 0.114. The zero-order valence-corrected chi connectivity index (χ0v) is 13.4. The van der Waals surface area contributed by atoms with Crippen molar-refractivity contribution in [3.05, 3.63) is 52.2 Å². The van der Waals surface area contributed by atoms with Crippen LogP contribution < -0.4 is 10.6 Å². The number of rotatable bonds is 6. The highest BCUT2D eigenvalue weighted by Gasteiger charge is 2.17. The highest BCUT2D eigenvalue weighted by Crippen LogP contribution is 2.19. The molecule has 1 heterocycles. The molecule has 0 radical (unpaired) electrons. The molecular weight excluding hydrogens is 298 g/mol. The lowest BCUT2D eigenvalue weighted by Gasteiger charge is -2.19. The van der Waals surface area contributed by atoms with Crippen molar-refractivity contribution in [2.75, 3.05) is 32.5 Å². The Balaban J connectivity index is 2.16. The molecule has 6 heteroatoms. The van der Waals surface area contributed by atoms with Gasteiger partial charge in [-0.1, -0.05) is 18.2 Å². The topological polar surface area (TPSA) is 61.4 Å². The third kappa shape index (κ3) is 3.93. The maximum Gasteiger partial charge on any atom is 0.265 e. The Morgan fingerprint density at radius 1 is 1.18 bits per heavy atom. The minimum atomic E-state index is -0.201. The van der Waals surface area contributed by atoms with Crippen LogP contribution in [-0.4, -0.2) is 43.9 Å². The van der Waals surface area contributed by atoms with E-state index in [4.69, 9.17) is 0 Å². The van der Waals surface area contributed by atoms with Crippen LogP contribution in [0.5, 0.6) is 0 Å². The van der Waals surface area contributed by atoms with E-state index in [2.05, 4.69) is 10.6 Å². The molecule has 2 aromatic rings. The lowest BCUT2D eigenvalue weighted by molar-refractivity contribution is 0.0798. The quantitative estimate of drug-likeness (QED) is 0.859. The summed E-state index contributed by atoms with van der Waals surface area (Å²) in [6, 6.07) is 10.6. The Kier molecular flexibility index (Phi) is 5.68. The first-order valence-electron chi connectivity index (χ1n) is 6.97. The summed E-state index contributed by atoms with van der Waals surface area (Å²) in [6.07, 6.45) is 0. The smallest absolute Gasteiger partial charge is 0.265 e. The molecule has 0 saturated heterocycles. The molecule has 0 unspecified atom stereocenters. The van der Waals surface area contributed by atoms with Gasteiger partial charge in [0.2, 0.25) is 0 Å². The standard InChI is InChI=1S/C16H19N3O2S/c1-17-9-10-19(2)16(21)12-6-3-4-7-13(12)18-15(20)14-8-5-11-22-14/h3-8,11,17H,9-10H2,1-2H3,(H,18,20). The molecule has 0 bridgehead atoms. The predicted octanol–water partition coefficient (Wildman–Crippen LogP) is 2.29. The number of carbonyl (C=O) groups excluding carboxylic acids is 2. The van der Waals surface area contributed by atoms with E-state index in [1.54, 1.807) is 42.3 Å². The first-order valence-corrected chi connectivity index (χ1v) is 7.85. The summed E-state index contributed by atoms with van der Waals surface area (Å²) in [5.74, 6) is -0.314. The van der Waals surface area contributed by atoms with Gasteiger partial charge in [-0.2, -0.15) is 0 Å². The van der Waals surface area contributed by atoms with Crippen molar-refractivity contribution in [1.82, 2.24) is 10.2 Å². The van der Waals surface area contributed by atoms with Crippen molar-refractivity contribution >= 4 is 28.8 Å². The number of benzene rings is 1. The van der Waals surface area contributed by atoms with Crippen LogP contribution in [0, 0.1) is 0 Å². The fourth-order valence-electron chi connectivity index (χ4n) is 1.96. The summed E-state index contributed by atoms with van der Waals surface area (Å²) in [5.41, 5.74) is 1.02. The number of para-hydroxylation sites is 1. The van der Waals surface area contributed by atoms with Gasteiger partial charge in [0, 0.05) is 20.1 Å². The fraction of sp³-hybridized carbons (Fsp3) is 0.250. The van der Waals surface area contributed by atoms with E-state index in [0.717, 1.165) is 0 Å². The molecule has 2 amide bonds. The zero-order chi connectivity index (χ0) is 15.9. The van der Waals surface area contributed by atoms with Crippen molar-refractivity contribution in [2.24, 2.45) is 0 Å². The Morgan fingerprint density at radius 2 is 1.95 bits per heavy atom. The largest absolute Gasteiger partial charge is 0.340 e. The maximum atomic E-state index is 12.5. The van der Waals surface area contributed by atoms with Gasteiger partial charge in [-0.3, -0.25) is 9.59 Å². The van der Waals surface area contributed by atoms with Gasteiger partial charge < -0.3 is 15.5 Å². The summed E-state index contributed by atoms with van der Waals surface area (Å²) in [5, 5.41) is 7.67. The second-order valence-electron chi connectivity index (χ2n) is 4.81. The van der Waals surface area contributed by atoms with E-state index < -0.39 is 0 Å². The Labute approximate surface area is 134 Å². The van der Waals surface area contributed by atoms with Crippen molar-refractivity contribution in [1.29, 1.82) is 0 Å². The summed E-state index contributed by atoms with van der Waals surface area (Å²) in [7, 11) is 3.59. The van der Waals surface area contributed by atoms with Crippen molar-refractivity contribution in [2.45, 2.75) is 0 Å².